The summed E-state index contributed by atoms with van der Waals surface area (Å²) in [6.45, 7) is 10.8. The molecule has 1 amide bonds. The highest BCUT2D eigenvalue weighted by Crippen LogP contribution is 2.31. The number of hydrogen-bond donors (Lipinski definition) is 1. The van der Waals surface area contributed by atoms with Crippen LogP contribution in [0.3, 0.4) is 0 Å². The Bertz CT molecular complexity index is 954. The zero-order valence-electron chi connectivity index (χ0n) is 17.9. The van der Waals surface area contributed by atoms with Crippen molar-refractivity contribution >= 4 is 23.0 Å². The molecule has 7 nitrogen and oxygen atoms in total. The minimum Gasteiger partial charge on any atom is -0.444 e. The third kappa shape index (κ3) is 6.07. The predicted octanol–water partition coefficient (Wildman–Crippen LogP) is 4.26. The van der Waals surface area contributed by atoms with Gasteiger partial charge in [-0.15, -0.1) is 0 Å². The number of nitrogens with one attached hydrogen (secondary N) is 1. The molecule has 1 heterocycles. The van der Waals surface area contributed by atoms with Crippen molar-refractivity contribution in [2.75, 3.05) is 0 Å². The molecule has 0 unspecified atom stereocenters. The van der Waals surface area contributed by atoms with E-state index in [4.69, 9.17) is 13.9 Å². The molecule has 29 heavy (non-hydrogen) atoms. The molecule has 0 aliphatic carbocycles. The molecular formula is C22H29NO6. The molecule has 0 aliphatic rings. The third-order valence-electron chi connectivity index (χ3n) is 4.15. The van der Waals surface area contributed by atoms with Gasteiger partial charge in [-0.05, 0) is 63.8 Å². The topological polar surface area (TPSA) is 94.8 Å². The lowest BCUT2D eigenvalue weighted by atomic mass is 10.0. The molecule has 158 valence electrons. The number of aryl methyl sites for hydroxylation is 2. The lowest BCUT2D eigenvalue weighted by Crippen LogP contribution is -2.44. The summed E-state index contributed by atoms with van der Waals surface area (Å²) in [6.07, 6.45) is 1.10. The van der Waals surface area contributed by atoms with Gasteiger partial charge >= 0.3 is 17.7 Å². The Hall–Kier alpha value is -2.83. The van der Waals surface area contributed by atoms with E-state index < -0.39 is 29.3 Å². The number of carbonyl (C=O) groups is 2. The first-order valence-electron chi connectivity index (χ1n) is 9.82. The summed E-state index contributed by atoms with van der Waals surface area (Å²) in [4.78, 5) is 36.7. The quantitative estimate of drug-likeness (QED) is 0.440. The van der Waals surface area contributed by atoms with E-state index in [1.54, 1.807) is 39.8 Å². The van der Waals surface area contributed by atoms with E-state index in [0.29, 0.717) is 29.6 Å². The Balaban J connectivity index is 2.35. The van der Waals surface area contributed by atoms with Crippen molar-refractivity contribution in [3.63, 3.8) is 0 Å². The van der Waals surface area contributed by atoms with Gasteiger partial charge in [0.05, 0.1) is 5.39 Å². The molecule has 0 spiro atoms. The summed E-state index contributed by atoms with van der Waals surface area (Å²) in [5, 5.41) is 3.14. The lowest BCUT2D eigenvalue weighted by Gasteiger charge is -2.22. The Labute approximate surface area is 170 Å². The van der Waals surface area contributed by atoms with Crippen molar-refractivity contribution in [1.29, 1.82) is 0 Å². The first-order chi connectivity index (χ1) is 13.5. The Morgan fingerprint density at radius 1 is 1.17 bits per heavy atom. The molecule has 0 fully saturated rings. The van der Waals surface area contributed by atoms with Gasteiger partial charge in [0.1, 0.15) is 23.0 Å². The maximum Gasteiger partial charge on any atom is 0.408 e. The van der Waals surface area contributed by atoms with Gasteiger partial charge in [0.15, 0.2) is 0 Å². The van der Waals surface area contributed by atoms with Crippen LogP contribution in [0.5, 0.6) is 5.75 Å². The van der Waals surface area contributed by atoms with Crippen molar-refractivity contribution in [2.24, 2.45) is 0 Å². The van der Waals surface area contributed by atoms with Crippen LogP contribution in [0, 0.1) is 6.92 Å². The first-order valence-corrected chi connectivity index (χ1v) is 9.82. The first kappa shape index (κ1) is 22.5. The Morgan fingerprint density at radius 2 is 1.86 bits per heavy atom. The molecule has 0 bridgehead atoms. The number of benzene rings is 1. The van der Waals surface area contributed by atoms with Crippen molar-refractivity contribution < 1.29 is 23.5 Å². The number of fused-ring (bicyclic) bond motifs is 1. The highest BCUT2D eigenvalue weighted by Gasteiger charge is 2.25. The molecule has 0 saturated heterocycles. The molecule has 1 N–H and O–H groups in total. The second-order valence-electron chi connectivity index (χ2n) is 8.01. The molecule has 7 heteroatoms. The van der Waals surface area contributed by atoms with E-state index in [1.807, 2.05) is 13.8 Å². The maximum atomic E-state index is 12.8. The zero-order valence-corrected chi connectivity index (χ0v) is 17.9. The van der Waals surface area contributed by atoms with Crippen LogP contribution >= 0.6 is 0 Å². The Morgan fingerprint density at radius 3 is 2.45 bits per heavy atom. The molecule has 1 atom stereocenters. The van der Waals surface area contributed by atoms with Crippen LogP contribution in [0.4, 0.5) is 4.79 Å². The minimum atomic E-state index is -0.870. The largest absolute Gasteiger partial charge is 0.444 e. The fourth-order valence-electron chi connectivity index (χ4n) is 2.97. The van der Waals surface area contributed by atoms with E-state index in [-0.39, 0.29) is 0 Å². The summed E-state index contributed by atoms with van der Waals surface area (Å²) >= 11 is 0. The van der Waals surface area contributed by atoms with Gasteiger partial charge in [-0.25, -0.2) is 14.4 Å². The van der Waals surface area contributed by atoms with Gasteiger partial charge in [-0.2, -0.15) is 0 Å². The fraction of sp³-hybridized carbons (Fsp3) is 0.500. The average Bonchev–Trinajstić information content (AvgIpc) is 2.57. The smallest absolute Gasteiger partial charge is 0.408 e. The number of rotatable bonds is 6. The normalized spacial score (nSPS) is 12.5. The molecule has 1 aromatic carbocycles. The monoisotopic (exact) mass is 403 g/mol. The van der Waals surface area contributed by atoms with Crippen molar-refractivity contribution in [2.45, 2.75) is 72.4 Å². The van der Waals surface area contributed by atoms with Crippen molar-refractivity contribution in [1.82, 2.24) is 5.32 Å². The fourth-order valence-corrected chi connectivity index (χ4v) is 2.97. The number of hydrogen-bond acceptors (Lipinski definition) is 6. The molecule has 1 aromatic heterocycles. The summed E-state index contributed by atoms with van der Waals surface area (Å²) in [5.74, 6) is -0.305. The molecular weight excluding hydrogens is 374 g/mol. The average molecular weight is 403 g/mol. The number of amides is 1. The highest BCUT2D eigenvalue weighted by molar-refractivity contribution is 5.91. The Kier molecular flexibility index (Phi) is 7.06. The number of esters is 1. The lowest BCUT2D eigenvalue weighted by molar-refractivity contribution is -0.136. The van der Waals surface area contributed by atoms with Gasteiger partial charge in [0, 0.05) is 6.07 Å². The van der Waals surface area contributed by atoms with Crippen LogP contribution in [-0.2, 0) is 16.0 Å². The summed E-state index contributed by atoms with van der Waals surface area (Å²) in [7, 11) is 0. The van der Waals surface area contributed by atoms with Crippen LogP contribution in [0.15, 0.2) is 27.4 Å². The van der Waals surface area contributed by atoms with Gasteiger partial charge in [0.25, 0.3) is 0 Å². The zero-order chi connectivity index (χ0) is 21.8. The second-order valence-corrected chi connectivity index (χ2v) is 8.01. The van der Waals surface area contributed by atoms with Gasteiger partial charge < -0.3 is 19.2 Å². The van der Waals surface area contributed by atoms with E-state index >= 15 is 0 Å². The third-order valence-corrected chi connectivity index (χ3v) is 4.15. The number of alkyl carbamates (subject to hydrolysis) is 1. The summed E-state index contributed by atoms with van der Waals surface area (Å²) in [5.41, 5.74) is 0.796. The van der Waals surface area contributed by atoms with Gasteiger partial charge in [0.2, 0.25) is 0 Å². The van der Waals surface area contributed by atoms with E-state index in [1.165, 1.54) is 6.07 Å². The van der Waals surface area contributed by atoms with Crippen LogP contribution in [0.25, 0.3) is 11.0 Å². The van der Waals surface area contributed by atoms with Crippen molar-refractivity contribution in [3.05, 3.63) is 39.7 Å². The maximum absolute atomic E-state index is 12.8. The predicted molar refractivity (Wildman–Crippen MR) is 110 cm³/mol. The standard InChI is InChI=1S/C22H29NO6/c1-7-9-14-12-18(24)27-16-10-13(3)11-17(19(14)16)28-20(25)15(8-2)23-21(26)29-22(4,5)6/h10-12,15H,7-9H2,1-6H3,(H,23,26)/t15-/m1/s1. The van der Waals surface area contributed by atoms with Gasteiger partial charge in [-0.3, -0.25) is 0 Å². The highest BCUT2D eigenvalue weighted by atomic mass is 16.6. The number of ether oxygens (including phenoxy) is 2. The number of carbonyl (C=O) groups excluding carboxylic acids is 2. The minimum absolute atomic E-state index is 0.307. The molecule has 2 rings (SSSR count). The van der Waals surface area contributed by atoms with E-state index in [9.17, 15) is 14.4 Å². The van der Waals surface area contributed by atoms with Crippen LogP contribution in [0.1, 0.15) is 58.6 Å². The van der Waals surface area contributed by atoms with Crippen LogP contribution < -0.4 is 15.7 Å². The summed E-state index contributed by atoms with van der Waals surface area (Å²) in [6, 6.07) is 4.02. The molecule has 2 aromatic rings. The van der Waals surface area contributed by atoms with Crippen LogP contribution in [0.2, 0.25) is 0 Å². The second kappa shape index (κ2) is 9.11. The van der Waals surface area contributed by atoms with Crippen LogP contribution in [-0.4, -0.2) is 23.7 Å². The van der Waals surface area contributed by atoms with E-state index in [0.717, 1.165) is 17.5 Å². The van der Waals surface area contributed by atoms with E-state index in [2.05, 4.69) is 5.32 Å². The summed E-state index contributed by atoms with van der Waals surface area (Å²) < 4.78 is 16.2. The molecule has 0 aliphatic heterocycles. The molecule has 0 radical (unpaired) electrons. The van der Waals surface area contributed by atoms with Crippen molar-refractivity contribution in [3.8, 4) is 5.75 Å². The molecule has 0 saturated carbocycles. The van der Waals surface area contributed by atoms with Gasteiger partial charge in [-0.1, -0.05) is 20.3 Å². The SMILES string of the molecule is CCCc1cc(=O)oc2cc(C)cc(OC(=O)[C@@H](CC)NC(=O)OC(C)(C)C)c12.